The molecule has 3 amide bonds. The lowest BCUT2D eigenvalue weighted by Crippen LogP contribution is -2.61. The molecule has 0 bridgehead atoms. The van der Waals surface area contributed by atoms with Gasteiger partial charge in [0.2, 0.25) is 17.7 Å². The maximum absolute atomic E-state index is 14.2. The monoisotopic (exact) mass is 866 g/mol. The summed E-state index contributed by atoms with van der Waals surface area (Å²) in [5.41, 5.74) is 1.77. The van der Waals surface area contributed by atoms with Crippen molar-refractivity contribution >= 4 is 23.7 Å². The Morgan fingerprint density at radius 3 is 1.74 bits per heavy atom. The molecule has 3 N–H and O–H groups in total. The zero-order valence-corrected chi connectivity index (χ0v) is 39.3. The second-order valence-electron chi connectivity index (χ2n) is 17.9. The highest BCUT2D eigenvalue weighted by molar-refractivity contribution is 5.94. The second kappa shape index (κ2) is 28.1. The lowest BCUT2D eigenvalue weighted by atomic mass is 9.84. The summed E-state index contributed by atoms with van der Waals surface area (Å²) in [5.74, 6) is -4.17. The third-order valence-electron chi connectivity index (χ3n) is 11.8. The highest BCUT2D eigenvalue weighted by atomic mass is 16.7. The fraction of sp³-hybridized carbons (Fsp3) is 0.680. The van der Waals surface area contributed by atoms with Crippen LogP contribution in [0.4, 0.5) is 0 Å². The van der Waals surface area contributed by atoms with Crippen LogP contribution in [-0.2, 0) is 56.1 Å². The van der Waals surface area contributed by atoms with E-state index in [1.165, 1.54) is 64.9 Å². The summed E-state index contributed by atoms with van der Waals surface area (Å²) < 4.78 is 29.8. The molecule has 62 heavy (non-hydrogen) atoms. The average molecular weight is 866 g/mol. The van der Waals surface area contributed by atoms with Crippen LogP contribution in [-0.4, -0.2) is 79.6 Å². The molecule has 348 valence electrons. The minimum atomic E-state index is -1.25. The van der Waals surface area contributed by atoms with E-state index < -0.39 is 59.8 Å². The Kier molecular flexibility index (Phi) is 23.8. The van der Waals surface area contributed by atoms with Gasteiger partial charge in [0.1, 0.15) is 12.1 Å². The summed E-state index contributed by atoms with van der Waals surface area (Å²) in [6, 6.07) is 15.5. The molecule has 1 fully saturated rings. The van der Waals surface area contributed by atoms with Crippen molar-refractivity contribution in [3.05, 3.63) is 71.8 Å². The van der Waals surface area contributed by atoms with Gasteiger partial charge < -0.3 is 39.6 Å². The smallest absolute Gasteiger partial charge is 0.330 e. The molecule has 0 radical (unpaired) electrons. The third kappa shape index (κ3) is 18.5. The molecule has 0 aromatic heterocycles. The number of amides is 3. The van der Waals surface area contributed by atoms with Crippen LogP contribution in [0.5, 0.6) is 0 Å². The van der Waals surface area contributed by atoms with Crippen molar-refractivity contribution in [1.29, 1.82) is 0 Å². The van der Waals surface area contributed by atoms with E-state index in [-0.39, 0.29) is 43.7 Å². The number of esters is 1. The Labute approximate surface area is 372 Å². The van der Waals surface area contributed by atoms with Gasteiger partial charge in [0.15, 0.2) is 11.8 Å². The van der Waals surface area contributed by atoms with Crippen molar-refractivity contribution < 1.29 is 42.9 Å². The molecule has 1 aliphatic heterocycles. The van der Waals surface area contributed by atoms with Crippen molar-refractivity contribution in [2.75, 3.05) is 13.7 Å². The molecule has 0 aliphatic carbocycles. The van der Waals surface area contributed by atoms with E-state index in [4.69, 9.17) is 23.7 Å². The SMILES string of the molecule is CCCCCCCCCCCCC[C@H]1OC(C)(C)O[C@@H]([C@@H](C)C(=O)N[C@H](C(=O)N[C@H](C(=O)N[C@@H](COCc2ccccc2)C(=O)OC)[C@@H](C)OCc2ccccc2)C(C)C)[C@H]1C. The van der Waals surface area contributed by atoms with Gasteiger partial charge in [-0.3, -0.25) is 14.4 Å². The van der Waals surface area contributed by atoms with E-state index >= 15 is 0 Å². The number of carbonyl (C=O) groups excluding carboxylic acids is 4. The van der Waals surface area contributed by atoms with Gasteiger partial charge >= 0.3 is 5.97 Å². The predicted octanol–water partition coefficient (Wildman–Crippen LogP) is 8.59. The van der Waals surface area contributed by atoms with Crippen LogP contribution in [0.2, 0.25) is 0 Å². The quantitative estimate of drug-likeness (QED) is 0.0540. The van der Waals surface area contributed by atoms with Gasteiger partial charge in [-0.05, 0) is 44.2 Å². The van der Waals surface area contributed by atoms with Gasteiger partial charge in [0.25, 0.3) is 0 Å². The maximum atomic E-state index is 14.2. The molecule has 2 aromatic carbocycles. The molecule has 8 atom stereocenters. The molecule has 12 nitrogen and oxygen atoms in total. The van der Waals surface area contributed by atoms with Crippen LogP contribution < -0.4 is 16.0 Å². The number of benzene rings is 2. The predicted molar refractivity (Wildman–Crippen MR) is 243 cm³/mol. The fourth-order valence-electron chi connectivity index (χ4n) is 7.98. The first-order valence-corrected chi connectivity index (χ1v) is 23.3. The van der Waals surface area contributed by atoms with Crippen LogP contribution in [0.15, 0.2) is 60.7 Å². The fourth-order valence-corrected chi connectivity index (χ4v) is 7.98. The van der Waals surface area contributed by atoms with E-state index in [0.717, 1.165) is 30.4 Å². The van der Waals surface area contributed by atoms with Gasteiger partial charge in [0.05, 0.1) is 51.2 Å². The summed E-state index contributed by atoms with van der Waals surface area (Å²) in [4.78, 5) is 55.2. The minimum Gasteiger partial charge on any atom is -0.467 e. The molecule has 1 aliphatic rings. The normalized spacial score (nSPS) is 19.7. The van der Waals surface area contributed by atoms with Crippen LogP contribution in [0, 0.1) is 17.8 Å². The zero-order valence-electron chi connectivity index (χ0n) is 39.3. The van der Waals surface area contributed by atoms with Crippen LogP contribution in [0.3, 0.4) is 0 Å². The zero-order chi connectivity index (χ0) is 45.5. The van der Waals surface area contributed by atoms with E-state index in [1.54, 1.807) is 6.92 Å². The topological polar surface area (TPSA) is 151 Å². The molecule has 3 rings (SSSR count). The first kappa shape index (κ1) is 52.5. The van der Waals surface area contributed by atoms with Crippen molar-refractivity contribution in [1.82, 2.24) is 16.0 Å². The number of rotatable bonds is 29. The van der Waals surface area contributed by atoms with E-state index in [0.29, 0.717) is 0 Å². The number of nitrogens with one attached hydrogen (secondary N) is 3. The summed E-state index contributed by atoms with van der Waals surface area (Å²) in [6.45, 7) is 15.5. The van der Waals surface area contributed by atoms with Crippen molar-refractivity contribution in [3.8, 4) is 0 Å². The summed E-state index contributed by atoms with van der Waals surface area (Å²) in [5, 5.41) is 8.55. The molecular weight excluding hydrogens is 787 g/mol. The maximum Gasteiger partial charge on any atom is 0.330 e. The number of unbranched alkanes of at least 4 members (excludes halogenated alkanes) is 10. The van der Waals surface area contributed by atoms with Crippen LogP contribution >= 0.6 is 0 Å². The van der Waals surface area contributed by atoms with E-state index in [9.17, 15) is 19.2 Å². The van der Waals surface area contributed by atoms with Crippen LogP contribution in [0.1, 0.15) is 144 Å². The Morgan fingerprint density at radius 2 is 1.19 bits per heavy atom. The molecular formula is C50H79N3O9. The van der Waals surface area contributed by atoms with Gasteiger partial charge in [-0.2, -0.15) is 0 Å². The first-order chi connectivity index (χ1) is 29.7. The molecule has 2 aromatic rings. The first-order valence-electron chi connectivity index (χ1n) is 23.3. The summed E-state index contributed by atoms with van der Waals surface area (Å²) in [6.07, 6.45) is 13.5. The molecule has 0 spiro atoms. The van der Waals surface area contributed by atoms with Crippen molar-refractivity contribution in [2.24, 2.45) is 17.8 Å². The van der Waals surface area contributed by atoms with E-state index in [1.807, 2.05) is 95.3 Å². The summed E-state index contributed by atoms with van der Waals surface area (Å²) in [7, 11) is 1.23. The number of ether oxygens (including phenoxy) is 5. The molecule has 0 unspecified atom stereocenters. The third-order valence-corrected chi connectivity index (χ3v) is 11.8. The second-order valence-corrected chi connectivity index (χ2v) is 17.9. The van der Waals surface area contributed by atoms with Crippen LogP contribution in [0.25, 0.3) is 0 Å². The van der Waals surface area contributed by atoms with E-state index in [2.05, 4.69) is 29.8 Å². The Balaban J connectivity index is 1.67. The number of hydrogen-bond donors (Lipinski definition) is 3. The van der Waals surface area contributed by atoms with Crippen molar-refractivity contribution in [2.45, 2.75) is 188 Å². The Bertz CT molecular complexity index is 1590. The standard InChI is InChI=1S/C50H79N3O9/c1-10-11-12-13-14-15-16-17-18-19-26-31-42-36(4)45(62-50(7,8)61-42)37(5)46(54)52-43(35(2)3)47(55)53-44(38(6)60-33-40-29-24-21-25-30-40)48(56)51-41(49(57)58-9)34-59-32-39-27-22-20-23-28-39/h20-25,27-30,35-38,41-45H,10-19,26,31-34H2,1-9H3,(H,51,56)(H,52,54)(H,53,55)/t36-,37+,38+,41-,42+,43-,44-,45+/m0/s1. The van der Waals surface area contributed by atoms with Crippen molar-refractivity contribution in [3.63, 3.8) is 0 Å². The lowest BCUT2D eigenvalue weighted by molar-refractivity contribution is -0.325. The highest BCUT2D eigenvalue weighted by Crippen LogP contribution is 2.37. The van der Waals surface area contributed by atoms with Gasteiger partial charge in [-0.25, -0.2) is 4.79 Å². The Morgan fingerprint density at radius 1 is 0.677 bits per heavy atom. The van der Waals surface area contributed by atoms with Gasteiger partial charge in [0, 0.05) is 5.92 Å². The molecule has 12 heteroatoms. The lowest BCUT2D eigenvalue weighted by Gasteiger charge is -2.47. The molecule has 1 saturated heterocycles. The number of methoxy groups -OCH3 is 1. The highest BCUT2D eigenvalue weighted by Gasteiger charge is 2.45. The largest absolute Gasteiger partial charge is 0.467 e. The molecule has 0 saturated carbocycles. The summed E-state index contributed by atoms with van der Waals surface area (Å²) >= 11 is 0. The Hall–Kier alpha value is -3.84. The molecule has 1 heterocycles. The minimum absolute atomic E-state index is 0.0617. The number of carbonyl (C=O) groups is 4. The van der Waals surface area contributed by atoms with Gasteiger partial charge in [-0.1, -0.05) is 166 Å². The average Bonchev–Trinajstić information content (AvgIpc) is 3.26. The van der Waals surface area contributed by atoms with Gasteiger partial charge in [-0.15, -0.1) is 0 Å². The number of hydrogen-bond acceptors (Lipinski definition) is 9.